The second kappa shape index (κ2) is 7.39. The first-order chi connectivity index (χ1) is 14.8. The molecule has 0 bridgehead atoms. The van der Waals surface area contributed by atoms with Gasteiger partial charge in [-0.05, 0) is 29.2 Å². The van der Waals surface area contributed by atoms with Gasteiger partial charge >= 0.3 is 0 Å². The fourth-order valence-electron chi connectivity index (χ4n) is 3.98. The standard InChI is InChI=1S/C23H24FN5OS/c1-23(2,3)19-9-16-21(25-12-26-22(16)31-19)28-6-7-29-13-27-20(18(29)10-28)15-8-14(11-30)4-5-17(15)24/h4-5,8-9,12-13,30H,6-7,10-11H2,1-3H3. The first kappa shape index (κ1) is 20.1. The van der Waals surface area contributed by atoms with Crippen LogP contribution in [0.4, 0.5) is 10.2 Å². The van der Waals surface area contributed by atoms with Gasteiger partial charge in [0.15, 0.2) is 0 Å². The molecule has 3 aromatic heterocycles. The zero-order valence-electron chi connectivity index (χ0n) is 17.8. The average Bonchev–Trinajstić information content (AvgIpc) is 3.38. The minimum atomic E-state index is -0.340. The summed E-state index contributed by atoms with van der Waals surface area (Å²) in [6.45, 7) is 8.57. The third-order valence-electron chi connectivity index (χ3n) is 5.71. The van der Waals surface area contributed by atoms with Crippen molar-refractivity contribution in [2.75, 3.05) is 11.4 Å². The van der Waals surface area contributed by atoms with Crippen molar-refractivity contribution in [2.24, 2.45) is 0 Å². The summed E-state index contributed by atoms with van der Waals surface area (Å²) in [5, 5.41) is 10.5. The van der Waals surface area contributed by atoms with Crippen LogP contribution in [0.25, 0.3) is 21.5 Å². The van der Waals surface area contributed by atoms with Crippen LogP contribution in [0.1, 0.15) is 36.9 Å². The Balaban J connectivity index is 1.55. The monoisotopic (exact) mass is 437 g/mol. The van der Waals surface area contributed by atoms with Gasteiger partial charge in [0.1, 0.15) is 22.8 Å². The maximum absolute atomic E-state index is 14.6. The Morgan fingerprint density at radius 1 is 1.13 bits per heavy atom. The van der Waals surface area contributed by atoms with Crippen LogP contribution in [-0.4, -0.2) is 31.2 Å². The fraction of sp³-hybridized carbons (Fsp3) is 0.348. The van der Waals surface area contributed by atoms with Crippen LogP contribution in [0.2, 0.25) is 0 Å². The zero-order valence-corrected chi connectivity index (χ0v) is 18.6. The quantitative estimate of drug-likeness (QED) is 0.511. The van der Waals surface area contributed by atoms with E-state index >= 15 is 0 Å². The molecule has 0 radical (unpaired) electrons. The Morgan fingerprint density at radius 3 is 2.74 bits per heavy atom. The lowest BCUT2D eigenvalue weighted by molar-refractivity contribution is 0.282. The predicted octanol–water partition coefficient (Wildman–Crippen LogP) is 4.50. The lowest BCUT2D eigenvalue weighted by Crippen LogP contribution is -2.34. The first-order valence-electron chi connectivity index (χ1n) is 10.3. The number of benzene rings is 1. The topological polar surface area (TPSA) is 67.1 Å². The number of hydrogen-bond acceptors (Lipinski definition) is 6. The molecular formula is C23H24FN5OS. The zero-order chi connectivity index (χ0) is 21.8. The van der Waals surface area contributed by atoms with Gasteiger partial charge in [0.2, 0.25) is 0 Å². The summed E-state index contributed by atoms with van der Waals surface area (Å²) < 4.78 is 16.7. The fourth-order valence-corrected chi connectivity index (χ4v) is 5.03. The highest BCUT2D eigenvalue weighted by Gasteiger charge is 2.26. The van der Waals surface area contributed by atoms with Crippen molar-refractivity contribution >= 4 is 27.4 Å². The van der Waals surface area contributed by atoms with Crippen molar-refractivity contribution in [1.82, 2.24) is 19.5 Å². The molecule has 160 valence electrons. The Kier molecular flexibility index (Phi) is 4.79. The Labute approximate surface area is 184 Å². The SMILES string of the molecule is CC(C)(C)c1cc2c(N3CCn4cnc(-c5cc(CO)ccc5F)c4C3)ncnc2s1. The van der Waals surface area contributed by atoms with Crippen molar-refractivity contribution in [3.63, 3.8) is 0 Å². The smallest absolute Gasteiger partial charge is 0.141 e. The van der Waals surface area contributed by atoms with E-state index in [1.54, 1.807) is 36.1 Å². The summed E-state index contributed by atoms with van der Waals surface area (Å²) in [5.41, 5.74) is 2.68. The van der Waals surface area contributed by atoms with Crippen LogP contribution in [0, 0.1) is 5.82 Å². The number of fused-ring (bicyclic) bond motifs is 2. The van der Waals surface area contributed by atoms with Gasteiger partial charge in [-0.3, -0.25) is 0 Å². The number of aliphatic hydroxyl groups excluding tert-OH is 1. The maximum Gasteiger partial charge on any atom is 0.141 e. The summed E-state index contributed by atoms with van der Waals surface area (Å²) in [6.07, 6.45) is 3.39. The molecule has 31 heavy (non-hydrogen) atoms. The number of anilines is 1. The van der Waals surface area contributed by atoms with E-state index in [4.69, 9.17) is 0 Å². The first-order valence-corrected chi connectivity index (χ1v) is 11.1. The maximum atomic E-state index is 14.6. The highest BCUT2D eigenvalue weighted by molar-refractivity contribution is 7.18. The van der Waals surface area contributed by atoms with Crippen molar-refractivity contribution in [2.45, 2.75) is 45.9 Å². The number of aromatic nitrogens is 4. The molecule has 8 heteroatoms. The molecule has 0 spiro atoms. The average molecular weight is 438 g/mol. The molecule has 0 saturated heterocycles. The van der Waals surface area contributed by atoms with Gasteiger partial charge < -0.3 is 14.6 Å². The van der Waals surface area contributed by atoms with E-state index in [1.807, 2.05) is 0 Å². The molecule has 0 saturated carbocycles. The van der Waals surface area contributed by atoms with Gasteiger partial charge in [0.25, 0.3) is 0 Å². The number of thiophene rings is 1. The van der Waals surface area contributed by atoms with Gasteiger partial charge in [0, 0.05) is 23.5 Å². The number of aliphatic hydroxyl groups is 1. The molecule has 1 aliphatic heterocycles. The minimum absolute atomic E-state index is 0.0472. The van der Waals surface area contributed by atoms with Crippen LogP contribution in [0.5, 0.6) is 0 Å². The van der Waals surface area contributed by atoms with Crippen LogP contribution in [0.3, 0.4) is 0 Å². The van der Waals surface area contributed by atoms with E-state index in [9.17, 15) is 9.50 Å². The van der Waals surface area contributed by atoms with Crippen LogP contribution < -0.4 is 4.90 Å². The van der Waals surface area contributed by atoms with Crippen molar-refractivity contribution < 1.29 is 9.50 Å². The lowest BCUT2D eigenvalue weighted by atomic mass is 9.94. The minimum Gasteiger partial charge on any atom is -0.392 e. The van der Waals surface area contributed by atoms with Gasteiger partial charge in [-0.2, -0.15) is 0 Å². The summed E-state index contributed by atoms with van der Waals surface area (Å²) in [7, 11) is 0. The molecular weight excluding hydrogens is 413 g/mol. The van der Waals surface area contributed by atoms with Crippen molar-refractivity contribution in [3.8, 4) is 11.3 Å². The van der Waals surface area contributed by atoms with Crippen LogP contribution >= 0.6 is 11.3 Å². The third kappa shape index (κ3) is 3.49. The summed E-state index contributed by atoms with van der Waals surface area (Å²) >= 11 is 1.71. The molecule has 0 unspecified atom stereocenters. The second-order valence-corrected chi connectivity index (χ2v) is 9.93. The molecule has 0 amide bonds. The van der Waals surface area contributed by atoms with E-state index in [-0.39, 0.29) is 17.8 Å². The molecule has 5 rings (SSSR count). The van der Waals surface area contributed by atoms with Crippen molar-refractivity contribution in [3.05, 3.63) is 58.9 Å². The molecule has 4 heterocycles. The molecule has 0 aliphatic carbocycles. The number of nitrogens with zero attached hydrogens (tertiary/aromatic N) is 5. The largest absolute Gasteiger partial charge is 0.392 e. The molecule has 1 aliphatic rings. The molecule has 1 aromatic carbocycles. The van der Waals surface area contributed by atoms with Gasteiger partial charge in [0.05, 0.1) is 36.3 Å². The van der Waals surface area contributed by atoms with E-state index < -0.39 is 0 Å². The van der Waals surface area contributed by atoms with E-state index in [2.05, 4.69) is 51.3 Å². The van der Waals surface area contributed by atoms with E-state index in [1.165, 1.54) is 10.9 Å². The van der Waals surface area contributed by atoms with E-state index in [0.717, 1.165) is 34.8 Å². The Hall–Kier alpha value is -2.84. The van der Waals surface area contributed by atoms with Crippen LogP contribution in [-0.2, 0) is 25.1 Å². The van der Waals surface area contributed by atoms with Gasteiger partial charge in [-0.1, -0.05) is 26.8 Å². The Bertz CT molecular complexity index is 1270. The normalized spacial score (nSPS) is 14.3. The van der Waals surface area contributed by atoms with Gasteiger partial charge in [-0.25, -0.2) is 19.3 Å². The number of imidazole rings is 1. The van der Waals surface area contributed by atoms with Gasteiger partial charge in [-0.15, -0.1) is 11.3 Å². The van der Waals surface area contributed by atoms with Crippen LogP contribution in [0.15, 0.2) is 36.9 Å². The second-order valence-electron chi connectivity index (χ2n) is 8.90. The molecule has 4 aromatic rings. The summed E-state index contributed by atoms with van der Waals surface area (Å²) in [4.78, 5) is 18.1. The lowest BCUT2D eigenvalue weighted by Gasteiger charge is -2.30. The molecule has 0 atom stereocenters. The van der Waals surface area contributed by atoms with Crippen molar-refractivity contribution in [1.29, 1.82) is 0 Å². The summed E-state index contributed by atoms with van der Waals surface area (Å²) in [6, 6.07) is 6.86. The summed E-state index contributed by atoms with van der Waals surface area (Å²) in [5.74, 6) is 0.563. The highest BCUT2D eigenvalue weighted by Crippen LogP contribution is 2.38. The Morgan fingerprint density at radius 2 is 1.97 bits per heavy atom. The number of rotatable bonds is 3. The highest BCUT2D eigenvalue weighted by atomic mass is 32.1. The number of hydrogen-bond donors (Lipinski definition) is 1. The molecule has 6 nitrogen and oxygen atoms in total. The third-order valence-corrected chi connectivity index (χ3v) is 7.18. The predicted molar refractivity (Wildman–Crippen MR) is 121 cm³/mol. The van der Waals surface area contributed by atoms with E-state index in [0.29, 0.717) is 23.4 Å². The molecule has 0 fully saturated rings. The molecule has 1 N–H and O–H groups in total. The number of halogens is 1.